The molecule has 1 heterocycles. The molecule has 94 valence electrons. The zero-order valence-electron chi connectivity index (χ0n) is 10.2. The highest BCUT2D eigenvalue weighted by molar-refractivity contribution is 9.10. The van der Waals surface area contributed by atoms with Crippen molar-refractivity contribution in [3.63, 3.8) is 0 Å². The highest BCUT2D eigenvalue weighted by atomic mass is 79.9. The SMILES string of the molecule is CN(CC1CCOCC1)c1ccc(N)cc1Br. The second-order valence-corrected chi connectivity index (χ2v) is 5.50. The Kier molecular flexibility index (Phi) is 4.29. The van der Waals surface area contributed by atoms with Gasteiger partial charge < -0.3 is 15.4 Å². The largest absolute Gasteiger partial charge is 0.399 e. The van der Waals surface area contributed by atoms with Gasteiger partial charge in [0.1, 0.15) is 0 Å². The molecule has 0 amide bonds. The molecule has 1 saturated heterocycles. The second-order valence-electron chi connectivity index (χ2n) is 4.65. The average Bonchev–Trinajstić information content (AvgIpc) is 2.30. The van der Waals surface area contributed by atoms with Crippen molar-refractivity contribution in [3.05, 3.63) is 22.7 Å². The predicted molar refractivity (Wildman–Crippen MR) is 75.4 cm³/mol. The van der Waals surface area contributed by atoms with Crippen LogP contribution in [0.3, 0.4) is 0 Å². The van der Waals surface area contributed by atoms with Gasteiger partial charge in [-0.15, -0.1) is 0 Å². The Hall–Kier alpha value is -0.740. The van der Waals surface area contributed by atoms with Gasteiger partial charge in [0.05, 0.1) is 5.69 Å². The van der Waals surface area contributed by atoms with E-state index in [-0.39, 0.29) is 0 Å². The van der Waals surface area contributed by atoms with E-state index in [2.05, 4.69) is 33.9 Å². The number of nitrogens with two attached hydrogens (primary N) is 1. The van der Waals surface area contributed by atoms with E-state index in [0.717, 1.165) is 48.7 Å². The van der Waals surface area contributed by atoms with Gasteiger partial charge in [-0.05, 0) is 52.9 Å². The zero-order valence-corrected chi connectivity index (χ0v) is 11.7. The fourth-order valence-electron chi connectivity index (χ4n) is 2.25. The number of rotatable bonds is 3. The molecular weight excluding hydrogens is 280 g/mol. The summed E-state index contributed by atoms with van der Waals surface area (Å²) in [7, 11) is 2.13. The quantitative estimate of drug-likeness (QED) is 0.872. The molecule has 1 aromatic rings. The molecule has 1 aliphatic heterocycles. The third-order valence-electron chi connectivity index (χ3n) is 3.26. The van der Waals surface area contributed by atoms with E-state index < -0.39 is 0 Å². The fraction of sp³-hybridized carbons (Fsp3) is 0.538. The van der Waals surface area contributed by atoms with Gasteiger partial charge in [0.2, 0.25) is 0 Å². The molecule has 2 N–H and O–H groups in total. The molecule has 1 aliphatic rings. The van der Waals surface area contributed by atoms with Crippen molar-refractivity contribution in [1.82, 2.24) is 0 Å². The van der Waals surface area contributed by atoms with Crippen molar-refractivity contribution in [2.24, 2.45) is 5.92 Å². The molecule has 1 fully saturated rings. The molecule has 0 atom stereocenters. The van der Waals surface area contributed by atoms with Crippen LogP contribution < -0.4 is 10.6 Å². The minimum absolute atomic E-state index is 0.734. The topological polar surface area (TPSA) is 38.5 Å². The lowest BCUT2D eigenvalue weighted by Gasteiger charge is -2.29. The first kappa shape index (κ1) is 12.7. The number of nitrogen functional groups attached to an aromatic ring is 1. The van der Waals surface area contributed by atoms with Crippen LogP contribution in [-0.2, 0) is 4.74 Å². The summed E-state index contributed by atoms with van der Waals surface area (Å²) >= 11 is 3.57. The van der Waals surface area contributed by atoms with Crippen LogP contribution in [0.5, 0.6) is 0 Å². The van der Waals surface area contributed by atoms with Crippen molar-refractivity contribution in [3.8, 4) is 0 Å². The van der Waals surface area contributed by atoms with E-state index in [0.29, 0.717) is 0 Å². The Bertz CT molecular complexity index is 378. The summed E-state index contributed by atoms with van der Waals surface area (Å²) in [5.74, 6) is 0.734. The molecular formula is C13H19BrN2O. The lowest BCUT2D eigenvalue weighted by Crippen LogP contribution is -2.29. The molecule has 0 saturated carbocycles. The Labute approximate surface area is 111 Å². The van der Waals surface area contributed by atoms with Crippen molar-refractivity contribution in [2.45, 2.75) is 12.8 Å². The molecule has 0 spiro atoms. The number of hydrogen-bond acceptors (Lipinski definition) is 3. The van der Waals surface area contributed by atoms with Crippen molar-refractivity contribution >= 4 is 27.3 Å². The Morgan fingerprint density at radius 3 is 2.76 bits per heavy atom. The van der Waals surface area contributed by atoms with Crippen LogP contribution in [0.4, 0.5) is 11.4 Å². The lowest BCUT2D eigenvalue weighted by atomic mass is 10.00. The van der Waals surface area contributed by atoms with Crippen LogP contribution in [0.15, 0.2) is 22.7 Å². The number of ether oxygens (including phenoxy) is 1. The van der Waals surface area contributed by atoms with E-state index in [1.807, 2.05) is 12.1 Å². The summed E-state index contributed by atoms with van der Waals surface area (Å²) in [6.07, 6.45) is 2.33. The van der Waals surface area contributed by atoms with E-state index in [9.17, 15) is 0 Å². The average molecular weight is 299 g/mol. The summed E-state index contributed by atoms with van der Waals surface area (Å²) in [6.45, 7) is 2.88. The molecule has 3 nitrogen and oxygen atoms in total. The van der Waals surface area contributed by atoms with Crippen LogP contribution in [0.2, 0.25) is 0 Å². The minimum Gasteiger partial charge on any atom is -0.399 e. The van der Waals surface area contributed by atoms with Crippen LogP contribution in [0, 0.1) is 5.92 Å². The monoisotopic (exact) mass is 298 g/mol. The minimum atomic E-state index is 0.734. The summed E-state index contributed by atoms with van der Waals surface area (Å²) in [5, 5.41) is 0. The second kappa shape index (κ2) is 5.74. The maximum Gasteiger partial charge on any atom is 0.0509 e. The highest BCUT2D eigenvalue weighted by Crippen LogP contribution is 2.29. The van der Waals surface area contributed by atoms with Gasteiger partial charge in [0.25, 0.3) is 0 Å². The van der Waals surface area contributed by atoms with Crippen LogP contribution in [0.25, 0.3) is 0 Å². The van der Waals surface area contributed by atoms with Gasteiger partial charge in [-0.2, -0.15) is 0 Å². The Morgan fingerprint density at radius 1 is 1.41 bits per heavy atom. The van der Waals surface area contributed by atoms with Gasteiger partial charge in [-0.25, -0.2) is 0 Å². The van der Waals surface area contributed by atoms with Gasteiger partial charge in [0.15, 0.2) is 0 Å². The molecule has 0 aromatic heterocycles. The number of hydrogen-bond donors (Lipinski definition) is 1. The van der Waals surface area contributed by atoms with Crippen LogP contribution >= 0.6 is 15.9 Å². The van der Waals surface area contributed by atoms with Gasteiger partial charge >= 0.3 is 0 Å². The van der Waals surface area contributed by atoms with Gasteiger partial charge in [-0.1, -0.05) is 0 Å². The predicted octanol–water partition coefficient (Wildman–Crippen LogP) is 2.89. The maximum absolute atomic E-state index is 5.75. The first-order valence-electron chi connectivity index (χ1n) is 6.00. The summed E-state index contributed by atoms with van der Waals surface area (Å²) < 4.78 is 6.44. The standard InChI is InChI=1S/C13H19BrN2O/c1-16(9-10-4-6-17-7-5-10)13-3-2-11(15)8-12(13)14/h2-3,8,10H,4-7,9,15H2,1H3. The third kappa shape index (κ3) is 3.36. The molecule has 0 aliphatic carbocycles. The van der Waals surface area contributed by atoms with Crippen LogP contribution in [0.1, 0.15) is 12.8 Å². The fourth-order valence-corrected chi connectivity index (χ4v) is 2.95. The molecule has 0 unspecified atom stereocenters. The summed E-state index contributed by atoms with van der Waals surface area (Å²) in [6, 6.07) is 5.97. The zero-order chi connectivity index (χ0) is 12.3. The van der Waals surface area contributed by atoms with E-state index in [1.165, 1.54) is 5.69 Å². The number of anilines is 2. The smallest absolute Gasteiger partial charge is 0.0509 e. The van der Waals surface area contributed by atoms with E-state index in [1.54, 1.807) is 0 Å². The molecule has 17 heavy (non-hydrogen) atoms. The van der Waals surface area contributed by atoms with Gasteiger partial charge in [-0.3, -0.25) is 0 Å². The number of benzene rings is 1. The number of halogens is 1. The highest BCUT2D eigenvalue weighted by Gasteiger charge is 2.16. The Morgan fingerprint density at radius 2 is 2.12 bits per heavy atom. The summed E-state index contributed by atoms with van der Waals surface area (Å²) in [4.78, 5) is 2.29. The molecule has 0 bridgehead atoms. The number of nitrogens with zero attached hydrogens (tertiary/aromatic N) is 1. The van der Waals surface area contributed by atoms with Gasteiger partial charge in [0, 0.05) is 37.0 Å². The van der Waals surface area contributed by atoms with Crippen LogP contribution in [-0.4, -0.2) is 26.8 Å². The third-order valence-corrected chi connectivity index (χ3v) is 3.89. The molecule has 2 rings (SSSR count). The van der Waals surface area contributed by atoms with E-state index >= 15 is 0 Å². The molecule has 0 radical (unpaired) electrons. The first-order chi connectivity index (χ1) is 8.16. The van der Waals surface area contributed by atoms with E-state index in [4.69, 9.17) is 10.5 Å². The lowest BCUT2D eigenvalue weighted by molar-refractivity contribution is 0.0685. The Balaban J connectivity index is 2.00. The normalized spacial score (nSPS) is 17.1. The molecule has 1 aromatic carbocycles. The van der Waals surface area contributed by atoms with Crippen molar-refractivity contribution < 1.29 is 4.74 Å². The van der Waals surface area contributed by atoms with Crippen molar-refractivity contribution in [1.29, 1.82) is 0 Å². The maximum atomic E-state index is 5.75. The first-order valence-corrected chi connectivity index (χ1v) is 6.80. The molecule has 4 heteroatoms. The summed E-state index contributed by atoms with van der Waals surface area (Å²) in [5.41, 5.74) is 7.74. The van der Waals surface area contributed by atoms with Crippen molar-refractivity contribution in [2.75, 3.05) is 37.4 Å².